The van der Waals surface area contributed by atoms with E-state index in [4.69, 9.17) is 0 Å². The molecule has 1 saturated heterocycles. The Hall–Kier alpha value is -1.19. The molecule has 0 aromatic heterocycles. The number of rotatable bonds is 6. The molecule has 1 aliphatic heterocycles. The van der Waals surface area contributed by atoms with Gasteiger partial charge in [0.1, 0.15) is 6.04 Å². The fourth-order valence-corrected chi connectivity index (χ4v) is 3.75. The Morgan fingerprint density at radius 2 is 1.90 bits per heavy atom. The molecule has 8 nitrogen and oxygen atoms in total. The van der Waals surface area contributed by atoms with Gasteiger partial charge in [0, 0.05) is 20.1 Å². The van der Waals surface area contributed by atoms with Crippen LogP contribution in [0.25, 0.3) is 0 Å². The predicted molar refractivity (Wildman–Crippen MR) is 74.5 cm³/mol. The van der Waals surface area contributed by atoms with Crippen LogP contribution in [0, 0.1) is 0 Å². The van der Waals surface area contributed by atoms with E-state index < -0.39 is 28.2 Å². The summed E-state index contributed by atoms with van der Waals surface area (Å²) in [7, 11) is 0.0476. The van der Waals surface area contributed by atoms with Gasteiger partial charge in [-0.1, -0.05) is 0 Å². The van der Waals surface area contributed by atoms with Gasteiger partial charge in [-0.3, -0.25) is 9.59 Å². The lowest BCUT2D eigenvalue weighted by Crippen LogP contribution is -2.53. The van der Waals surface area contributed by atoms with Crippen molar-refractivity contribution < 1.29 is 27.5 Å². The lowest BCUT2D eigenvalue weighted by atomic mass is 10.1. The third-order valence-corrected chi connectivity index (χ3v) is 5.48. The molecular formula is C12H22N2O6S. The molecule has 0 radical (unpaired) electrons. The minimum atomic E-state index is -3.81. The van der Waals surface area contributed by atoms with Crippen molar-refractivity contribution in [1.29, 1.82) is 0 Å². The summed E-state index contributed by atoms with van der Waals surface area (Å²) in [5.74, 6) is -1.04. The average molecular weight is 322 g/mol. The minimum Gasteiger partial charge on any atom is -0.469 e. The number of piperidine rings is 1. The highest BCUT2D eigenvalue weighted by molar-refractivity contribution is 7.86. The van der Waals surface area contributed by atoms with Gasteiger partial charge < -0.3 is 9.47 Å². The third-order valence-electron chi connectivity index (χ3n) is 3.48. The van der Waals surface area contributed by atoms with Crippen molar-refractivity contribution in [3.05, 3.63) is 0 Å². The van der Waals surface area contributed by atoms with E-state index in [0.717, 1.165) is 15.0 Å². The van der Waals surface area contributed by atoms with E-state index in [1.54, 1.807) is 0 Å². The molecular weight excluding hydrogens is 300 g/mol. The van der Waals surface area contributed by atoms with E-state index >= 15 is 0 Å². The highest BCUT2D eigenvalue weighted by Gasteiger charge is 2.39. The Balaban J connectivity index is 2.82. The van der Waals surface area contributed by atoms with Gasteiger partial charge in [-0.2, -0.15) is 17.0 Å². The minimum absolute atomic E-state index is 0.000596. The van der Waals surface area contributed by atoms with Gasteiger partial charge >= 0.3 is 11.9 Å². The summed E-state index contributed by atoms with van der Waals surface area (Å²) >= 11 is 0. The van der Waals surface area contributed by atoms with Crippen LogP contribution in [-0.4, -0.2) is 69.4 Å². The van der Waals surface area contributed by atoms with Crippen LogP contribution in [0.15, 0.2) is 0 Å². The molecule has 0 aromatic rings. The molecule has 21 heavy (non-hydrogen) atoms. The average Bonchev–Trinajstić information content (AvgIpc) is 2.51. The van der Waals surface area contributed by atoms with E-state index in [-0.39, 0.29) is 19.5 Å². The van der Waals surface area contributed by atoms with Crippen LogP contribution in [-0.2, 0) is 29.3 Å². The van der Waals surface area contributed by atoms with Crippen molar-refractivity contribution in [3.8, 4) is 0 Å². The van der Waals surface area contributed by atoms with Gasteiger partial charge in [0.05, 0.1) is 20.6 Å². The topological polar surface area (TPSA) is 93.2 Å². The number of carbonyl (C=O) groups excluding carboxylic acids is 2. The molecule has 0 N–H and O–H groups in total. The standard InChI is InChI=1S/C12H22N2O6S/c1-13(9-7-11(15)19-2)21(17,18)14-8-5-4-6-10(14)12(16)20-3/h10H,4-9H2,1-3H3. The van der Waals surface area contributed by atoms with Crippen LogP contribution in [0.2, 0.25) is 0 Å². The number of ether oxygens (including phenoxy) is 2. The summed E-state index contributed by atoms with van der Waals surface area (Å²) < 4.78 is 36.4. The number of hydrogen-bond donors (Lipinski definition) is 0. The highest BCUT2D eigenvalue weighted by Crippen LogP contribution is 2.23. The lowest BCUT2D eigenvalue weighted by molar-refractivity contribution is -0.146. The van der Waals surface area contributed by atoms with Crippen molar-refractivity contribution in [2.45, 2.75) is 31.7 Å². The first-order valence-electron chi connectivity index (χ1n) is 6.72. The third kappa shape index (κ3) is 4.39. The Bertz CT molecular complexity index is 478. The summed E-state index contributed by atoms with van der Waals surface area (Å²) in [6, 6.07) is -0.797. The number of esters is 2. The lowest BCUT2D eigenvalue weighted by Gasteiger charge is -2.35. The van der Waals surface area contributed by atoms with Gasteiger partial charge in [0.15, 0.2) is 0 Å². The second kappa shape index (κ2) is 7.71. The molecule has 1 atom stereocenters. The molecule has 0 aliphatic carbocycles. The van der Waals surface area contributed by atoms with Crippen molar-refractivity contribution >= 4 is 22.1 Å². The summed E-state index contributed by atoms with van der Waals surface area (Å²) in [6.45, 7) is 0.268. The van der Waals surface area contributed by atoms with E-state index in [9.17, 15) is 18.0 Å². The van der Waals surface area contributed by atoms with Crippen LogP contribution >= 0.6 is 0 Å². The zero-order valence-electron chi connectivity index (χ0n) is 12.6. The second-order valence-electron chi connectivity index (χ2n) is 4.80. The predicted octanol–water partition coefficient (Wildman–Crippen LogP) is -0.246. The van der Waals surface area contributed by atoms with E-state index in [1.165, 1.54) is 21.3 Å². The molecule has 1 unspecified atom stereocenters. The maximum absolute atomic E-state index is 12.5. The van der Waals surface area contributed by atoms with Crippen LogP contribution in [0.3, 0.4) is 0 Å². The smallest absolute Gasteiger partial charge is 0.324 e. The fourth-order valence-electron chi connectivity index (χ4n) is 2.20. The summed E-state index contributed by atoms with van der Waals surface area (Å²) in [5, 5.41) is 0. The molecule has 9 heteroatoms. The first kappa shape index (κ1) is 17.9. The van der Waals surface area contributed by atoms with Crippen molar-refractivity contribution in [3.63, 3.8) is 0 Å². The number of methoxy groups -OCH3 is 2. The van der Waals surface area contributed by atoms with Crippen molar-refractivity contribution in [2.24, 2.45) is 0 Å². The Labute approximate surface area is 125 Å². The highest BCUT2D eigenvalue weighted by atomic mass is 32.2. The molecule has 1 fully saturated rings. The molecule has 0 bridgehead atoms. The summed E-state index contributed by atoms with van der Waals surface area (Å²) in [6.07, 6.45) is 1.87. The van der Waals surface area contributed by atoms with Crippen LogP contribution in [0.4, 0.5) is 0 Å². The van der Waals surface area contributed by atoms with Crippen molar-refractivity contribution in [2.75, 3.05) is 34.4 Å². The maximum atomic E-state index is 12.5. The summed E-state index contributed by atoms with van der Waals surface area (Å²) in [5.41, 5.74) is 0. The molecule has 122 valence electrons. The number of nitrogens with zero attached hydrogens (tertiary/aromatic N) is 2. The molecule has 0 aromatic carbocycles. The second-order valence-corrected chi connectivity index (χ2v) is 6.79. The monoisotopic (exact) mass is 322 g/mol. The number of carbonyl (C=O) groups is 2. The first-order valence-corrected chi connectivity index (χ1v) is 8.12. The Morgan fingerprint density at radius 3 is 2.48 bits per heavy atom. The van der Waals surface area contributed by atoms with E-state index in [1.807, 2.05) is 0 Å². The first-order chi connectivity index (χ1) is 9.84. The molecule has 0 spiro atoms. The van der Waals surface area contributed by atoms with Gasteiger partial charge in [0.25, 0.3) is 10.2 Å². The quantitative estimate of drug-likeness (QED) is 0.626. The zero-order chi connectivity index (χ0) is 16.0. The Morgan fingerprint density at radius 1 is 1.24 bits per heavy atom. The van der Waals surface area contributed by atoms with Crippen molar-refractivity contribution in [1.82, 2.24) is 8.61 Å². The van der Waals surface area contributed by atoms with E-state index in [2.05, 4.69) is 9.47 Å². The molecule has 1 aliphatic rings. The van der Waals surface area contributed by atoms with Crippen LogP contribution in [0.1, 0.15) is 25.7 Å². The van der Waals surface area contributed by atoms with Gasteiger partial charge in [-0.15, -0.1) is 0 Å². The van der Waals surface area contributed by atoms with Crippen LogP contribution in [0.5, 0.6) is 0 Å². The number of hydrogen-bond acceptors (Lipinski definition) is 6. The largest absolute Gasteiger partial charge is 0.469 e. The maximum Gasteiger partial charge on any atom is 0.324 e. The van der Waals surface area contributed by atoms with Gasteiger partial charge in [-0.05, 0) is 19.3 Å². The Kier molecular flexibility index (Phi) is 6.56. The SMILES string of the molecule is COC(=O)CCN(C)S(=O)(=O)N1CCCCC1C(=O)OC. The molecule has 0 saturated carbocycles. The zero-order valence-corrected chi connectivity index (χ0v) is 13.4. The fraction of sp³-hybridized carbons (Fsp3) is 0.833. The molecule has 1 rings (SSSR count). The van der Waals surface area contributed by atoms with Crippen LogP contribution < -0.4 is 0 Å². The molecule has 1 heterocycles. The molecule has 0 amide bonds. The van der Waals surface area contributed by atoms with E-state index in [0.29, 0.717) is 12.8 Å². The van der Waals surface area contributed by atoms with Gasteiger partial charge in [-0.25, -0.2) is 0 Å². The van der Waals surface area contributed by atoms with Gasteiger partial charge in [0.2, 0.25) is 0 Å². The normalized spacial score (nSPS) is 20.3. The summed E-state index contributed by atoms with van der Waals surface area (Å²) in [4.78, 5) is 22.8.